The van der Waals surface area contributed by atoms with Crippen LogP contribution in [0.3, 0.4) is 0 Å². The molecule has 0 saturated heterocycles. The van der Waals surface area contributed by atoms with Gasteiger partial charge in [-0.15, -0.1) is 0 Å². The van der Waals surface area contributed by atoms with E-state index < -0.39 is 0 Å². The minimum Gasteiger partial charge on any atom is -0.370 e. The van der Waals surface area contributed by atoms with Gasteiger partial charge in [-0.1, -0.05) is 50.2 Å². The first-order chi connectivity index (χ1) is 10.1. The molecule has 3 nitrogen and oxygen atoms in total. The van der Waals surface area contributed by atoms with Crippen LogP contribution in [-0.4, -0.2) is 16.5 Å². The van der Waals surface area contributed by atoms with Crippen molar-refractivity contribution in [1.29, 1.82) is 0 Å². The molecule has 0 atom stereocenters. The van der Waals surface area contributed by atoms with Crippen LogP contribution in [0.5, 0.6) is 0 Å². The minimum atomic E-state index is 0.388. The molecule has 0 aliphatic rings. The van der Waals surface area contributed by atoms with Crippen molar-refractivity contribution in [2.75, 3.05) is 11.9 Å². The predicted octanol–water partition coefficient (Wildman–Crippen LogP) is 4.88. The molecule has 0 fully saturated rings. The number of aryl methyl sites for hydroxylation is 1. The molecule has 0 amide bonds. The number of hydrogen-bond donors (Lipinski definition) is 1. The summed E-state index contributed by atoms with van der Waals surface area (Å²) in [4.78, 5) is 10.1. The molecule has 112 valence electrons. The molecule has 1 N–H and O–H groups in total. The second kappa shape index (κ2) is 7.46. The summed E-state index contributed by atoms with van der Waals surface area (Å²) in [5.41, 5.74) is 2.48. The van der Waals surface area contributed by atoms with Crippen molar-refractivity contribution in [1.82, 2.24) is 9.97 Å². The Morgan fingerprint density at radius 3 is 2.48 bits per heavy atom. The van der Waals surface area contributed by atoms with Gasteiger partial charge in [0.15, 0.2) is 0 Å². The average molecular weight is 301 g/mol. The number of benzene rings is 1. The lowest BCUT2D eigenvalue weighted by atomic mass is 10.1. The number of aromatic nitrogens is 2. The van der Waals surface area contributed by atoms with Crippen molar-refractivity contribution in [3.05, 3.63) is 41.7 Å². The maximum Gasteiger partial charge on any atom is 0.134 e. The lowest BCUT2D eigenvalue weighted by molar-refractivity contribution is 0.800. The maximum atomic E-state index is 4.50. The average Bonchev–Trinajstić information content (AvgIpc) is 2.47. The van der Waals surface area contributed by atoms with E-state index in [1.807, 2.05) is 0 Å². The minimum absolute atomic E-state index is 0.388. The summed E-state index contributed by atoms with van der Waals surface area (Å²) in [6.45, 7) is 9.58. The number of nitrogens with zero attached hydrogens (tertiary/aromatic N) is 2. The van der Waals surface area contributed by atoms with Gasteiger partial charge in [-0.25, -0.2) is 9.97 Å². The van der Waals surface area contributed by atoms with Gasteiger partial charge >= 0.3 is 0 Å². The molecule has 21 heavy (non-hydrogen) atoms. The fourth-order valence-electron chi connectivity index (χ4n) is 2.08. The zero-order valence-corrected chi connectivity index (χ0v) is 14.0. The zero-order valence-electron chi connectivity index (χ0n) is 13.2. The van der Waals surface area contributed by atoms with Crippen molar-refractivity contribution < 1.29 is 0 Å². The third-order valence-corrected chi connectivity index (χ3v) is 4.23. The third-order valence-electron chi connectivity index (χ3n) is 3.20. The molecule has 0 saturated carbocycles. The molecular weight excluding hydrogens is 278 g/mol. The van der Waals surface area contributed by atoms with E-state index in [4.69, 9.17) is 0 Å². The van der Waals surface area contributed by atoms with E-state index in [-0.39, 0.29) is 0 Å². The smallest absolute Gasteiger partial charge is 0.134 e. The molecule has 0 spiro atoms. The highest BCUT2D eigenvalue weighted by Crippen LogP contribution is 2.35. The van der Waals surface area contributed by atoms with Gasteiger partial charge in [0.25, 0.3) is 0 Å². The lowest BCUT2D eigenvalue weighted by Gasteiger charge is -2.16. The van der Waals surface area contributed by atoms with E-state index in [9.17, 15) is 0 Å². The van der Waals surface area contributed by atoms with Crippen LogP contribution in [-0.2, 0) is 0 Å². The quantitative estimate of drug-likeness (QED) is 0.772. The normalized spacial score (nSPS) is 10.9. The van der Waals surface area contributed by atoms with Crippen LogP contribution < -0.4 is 5.32 Å². The SMILES string of the molecule is CCCNc1ncnc(Sc2ccc(C)cc2)c1C(C)C. The standard InChI is InChI=1S/C17H23N3S/c1-5-10-18-16-15(12(2)3)17(20-11-19-16)21-14-8-6-13(4)7-9-14/h6-9,11-12H,5,10H2,1-4H3,(H,18,19,20). The van der Waals surface area contributed by atoms with Gasteiger partial charge in [0.2, 0.25) is 0 Å². The molecule has 4 heteroatoms. The van der Waals surface area contributed by atoms with Crippen molar-refractivity contribution in [2.24, 2.45) is 0 Å². The predicted molar refractivity (Wildman–Crippen MR) is 90.2 cm³/mol. The summed E-state index contributed by atoms with van der Waals surface area (Å²) in [6, 6.07) is 8.56. The van der Waals surface area contributed by atoms with Gasteiger partial charge in [0.1, 0.15) is 17.2 Å². The van der Waals surface area contributed by atoms with Crippen molar-refractivity contribution >= 4 is 17.6 Å². The van der Waals surface area contributed by atoms with Gasteiger partial charge in [0, 0.05) is 17.0 Å². The number of rotatable bonds is 6. The largest absolute Gasteiger partial charge is 0.370 e. The van der Waals surface area contributed by atoms with Crippen molar-refractivity contribution in [2.45, 2.75) is 50.0 Å². The van der Waals surface area contributed by atoms with Crippen LogP contribution in [0.25, 0.3) is 0 Å². The summed E-state index contributed by atoms with van der Waals surface area (Å²) < 4.78 is 0. The topological polar surface area (TPSA) is 37.8 Å². The van der Waals surface area contributed by atoms with Gasteiger partial charge in [-0.05, 0) is 31.4 Å². The highest BCUT2D eigenvalue weighted by Gasteiger charge is 2.15. The first-order valence-corrected chi connectivity index (χ1v) is 8.26. The highest BCUT2D eigenvalue weighted by molar-refractivity contribution is 7.99. The second-order valence-corrected chi connectivity index (χ2v) is 6.50. The van der Waals surface area contributed by atoms with E-state index in [2.05, 4.69) is 67.2 Å². The van der Waals surface area contributed by atoms with E-state index in [1.165, 1.54) is 16.0 Å². The van der Waals surface area contributed by atoms with Crippen LogP contribution in [0.4, 0.5) is 5.82 Å². The molecule has 2 rings (SSSR count). The van der Waals surface area contributed by atoms with E-state index >= 15 is 0 Å². The Labute approximate surface area is 131 Å². The summed E-state index contributed by atoms with van der Waals surface area (Å²) in [7, 11) is 0. The van der Waals surface area contributed by atoms with E-state index in [0.717, 1.165) is 23.8 Å². The molecule has 1 aromatic carbocycles. The van der Waals surface area contributed by atoms with Crippen LogP contribution in [0, 0.1) is 6.92 Å². The van der Waals surface area contributed by atoms with Crippen LogP contribution >= 0.6 is 11.8 Å². The van der Waals surface area contributed by atoms with Crippen LogP contribution in [0.15, 0.2) is 40.5 Å². The van der Waals surface area contributed by atoms with Gasteiger partial charge in [0.05, 0.1) is 0 Å². The van der Waals surface area contributed by atoms with Gasteiger partial charge in [-0.2, -0.15) is 0 Å². The molecule has 1 heterocycles. The molecule has 0 aliphatic carbocycles. The summed E-state index contributed by atoms with van der Waals surface area (Å²) in [5.74, 6) is 1.36. The Morgan fingerprint density at radius 2 is 1.86 bits per heavy atom. The number of anilines is 1. The fourth-order valence-corrected chi connectivity index (χ4v) is 3.12. The Morgan fingerprint density at radius 1 is 1.14 bits per heavy atom. The monoisotopic (exact) mass is 301 g/mol. The summed E-state index contributed by atoms with van der Waals surface area (Å²) >= 11 is 1.71. The molecule has 0 unspecified atom stereocenters. The van der Waals surface area contributed by atoms with Crippen LogP contribution in [0.1, 0.15) is 44.2 Å². The van der Waals surface area contributed by atoms with Crippen LogP contribution in [0.2, 0.25) is 0 Å². The Hall–Kier alpha value is -1.55. The Bertz CT molecular complexity index is 579. The molecule has 2 aromatic rings. The second-order valence-electron chi connectivity index (χ2n) is 5.44. The maximum absolute atomic E-state index is 4.50. The molecular formula is C17H23N3S. The summed E-state index contributed by atoms with van der Waals surface area (Å²) in [6.07, 6.45) is 2.74. The van der Waals surface area contributed by atoms with Gasteiger partial charge < -0.3 is 5.32 Å². The highest BCUT2D eigenvalue weighted by atomic mass is 32.2. The Kier molecular flexibility index (Phi) is 5.62. The fraction of sp³-hybridized carbons (Fsp3) is 0.412. The van der Waals surface area contributed by atoms with E-state index in [0.29, 0.717) is 5.92 Å². The zero-order chi connectivity index (χ0) is 15.2. The van der Waals surface area contributed by atoms with Crippen molar-refractivity contribution in [3.8, 4) is 0 Å². The first-order valence-electron chi connectivity index (χ1n) is 7.45. The molecule has 0 bridgehead atoms. The van der Waals surface area contributed by atoms with Crippen molar-refractivity contribution in [3.63, 3.8) is 0 Å². The molecule has 1 aromatic heterocycles. The summed E-state index contributed by atoms with van der Waals surface area (Å²) in [5, 5.41) is 4.46. The Balaban J connectivity index is 2.31. The number of nitrogens with one attached hydrogen (secondary N) is 1. The number of hydrogen-bond acceptors (Lipinski definition) is 4. The molecule has 0 aliphatic heterocycles. The third kappa shape index (κ3) is 4.21. The van der Waals surface area contributed by atoms with Gasteiger partial charge in [-0.3, -0.25) is 0 Å². The van der Waals surface area contributed by atoms with E-state index in [1.54, 1.807) is 18.1 Å². The lowest BCUT2D eigenvalue weighted by Crippen LogP contribution is -2.08. The molecule has 0 radical (unpaired) electrons. The first kappa shape index (κ1) is 15.8.